The summed E-state index contributed by atoms with van der Waals surface area (Å²) in [5.74, 6) is -0.814. The van der Waals surface area contributed by atoms with Gasteiger partial charge in [0.1, 0.15) is 5.58 Å². The number of nitrogens with one attached hydrogen (secondary N) is 2. The van der Waals surface area contributed by atoms with Crippen LogP contribution in [-0.2, 0) is 9.59 Å². The zero-order valence-corrected chi connectivity index (χ0v) is 18.0. The third kappa shape index (κ3) is 4.99. The molecule has 1 aliphatic rings. The second-order valence-corrected chi connectivity index (χ2v) is 8.20. The standard InChI is InChI=1S/C25H27N3O4/c1-17(19-7-3-2-4-8-19)27-24(30)23(29)26-16-18-11-13-28(14-12-18)25(31)22-15-20-9-5-6-10-21(20)32-22/h2-10,15,17-18H,11-14,16H2,1H3,(H,26,29)(H,27,30). The molecule has 0 radical (unpaired) electrons. The Labute approximate surface area is 186 Å². The number of amides is 3. The molecule has 1 aromatic heterocycles. The third-order valence-electron chi connectivity index (χ3n) is 5.94. The van der Waals surface area contributed by atoms with Gasteiger partial charge >= 0.3 is 11.8 Å². The number of carbonyl (C=O) groups excluding carboxylic acids is 3. The maximum absolute atomic E-state index is 12.8. The van der Waals surface area contributed by atoms with Crippen LogP contribution < -0.4 is 10.6 Å². The molecule has 0 aliphatic carbocycles. The van der Waals surface area contributed by atoms with Gasteiger partial charge in [0.05, 0.1) is 6.04 Å². The summed E-state index contributed by atoms with van der Waals surface area (Å²) in [4.78, 5) is 38.9. The fourth-order valence-electron chi connectivity index (χ4n) is 3.99. The Morgan fingerprint density at radius 2 is 1.69 bits per heavy atom. The molecule has 7 nitrogen and oxygen atoms in total. The molecule has 4 rings (SSSR count). The van der Waals surface area contributed by atoms with Gasteiger partial charge in [0.15, 0.2) is 5.76 Å². The van der Waals surface area contributed by atoms with E-state index in [4.69, 9.17) is 4.42 Å². The highest BCUT2D eigenvalue weighted by atomic mass is 16.3. The summed E-state index contributed by atoms with van der Waals surface area (Å²) in [6, 6.07) is 18.6. The molecule has 7 heteroatoms. The van der Waals surface area contributed by atoms with Gasteiger partial charge < -0.3 is 20.0 Å². The maximum atomic E-state index is 12.8. The van der Waals surface area contributed by atoms with Crippen molar-refractivity contribution in [1.29, 1.82) is 0 Å². The Kier molecular flexibility index (Phi) is 6.54. The summed E-state index contributed by atoms with van der Waals surface area (Å²) < 4.78 is 5.69. The van der Waals surface area contributed by atoms with Crippen LogP contribution in [0.1, 0.15) is 41.9 Å². The molecule has 166 valence electrons. The lowest BCUT2D eigenvalue weighted by atomic mass is 9.96. The summed E-state index contributed by atoms with van der Waals surface area (Å²) in [6.45, 7) is 3.44. The van der Waals surface area contributed by atoms with Gasteiger partial charge in [0.2, 0.25) is 0 Å². The third-order valence-corrected chi connectivity index (χ3v) is 5.94. The second-order valence-electron chi connectivity index (χ2n) is 8.20. The van der Waals surface area contributed by atoms with E-state index in [1.54, 1.807) is 11.0 Å². The summed E-state index contributed by atoms with van der Waals surface area (Å²) in [6.07, 6.45) is 1.52. The van der Waals surface area contributed by atoms with Crippen molar-refractivity contribution in [3.8, 4) is 0 Å². The Hall–Kier alpha value is -3.61. The van der Waals surface area contributed by atoms with E-state index in [0.29, 0.717) is 31.0 Å². The first-order chi connectivity index (χ1) is 15.5. The SMILES string of the molecule is CC(NC(=O)C(=O)NCC1CCN(C(=O)c2cc3ccccc3o2)CC1)c1ccccc1. The van der Waals surface area contributed by atoms with Crippen molar-refractivity contribution in [1.82, 2.24) is 15.5 Å². The minimum atomic E-state index is -0.640. The summed E-state index contributed by atoms with van der Waals surface area (Å²) >= 11 is 0. The number of carbonyl (C=O) groups is 3. The molecule has 32 heavy (non-hydrogen) atoms. The van der Waals surface area contributed by atoms with Crippen LogP contribution in [0.4, 0.5) is 0 Å². The molecule has 2 aromatic carbocycles. The first-order valence-corrected chi connectivity index (χ1v) is 10.9. The van der Waals surface area contributed by atoms with Gasteiger partial charge in [-0.15, -0.1) is 0 Å². The van der Waals surface area contributed by atoms with E-state index >= 15 is 0 Å². The number of fused-ring (bicyclic) bond motifs is 1. The molecule has 1 saturated heterocycles. The summed E-state index contributed by atoms with van der Waals surface area (Å²) in [5, 5.41) is 6.36. The van der Waals surface area contributed by atoms with Gasteiger partial charge in [-0.3, -0.25) is 14.4 Å². The van der Waals surface area contributed by atoms with E-state index in [2.05, 4.69) is 10.6 Å². The lowest BCUT2D eigenvalue weighted by Crippen LogP contribution is -2.45. The number of benzene rings is 2. The van der Waals surface area contributed by atoms with E-state index in [1.807, 2.05) is 61.5 Å². The number of hydrogen-bond donors (Lipinski definition) is 2. The number of likely N-dealkylation sites (tertiary alicyclic amines) is 1. The monoisotopic (exact) mass is 433 g/mol. The number of furan rings is 1. The fourth-order valence-corrected chi connectivity index (χ4v) is 3.99. The largest absolute Gasteiger partial charge is 0.451 e. The Balaban J connectivity index is 1.22. The van der Waals surface area contributed by atoms with Crippen LogP contribution in [0.2, 0.25) is 0 Å². The van der Waals surface area contributed by atoms with Crippen molar-refractivity contribution in [2.45, 2.75) is 25.8 Å². The molecule has 3 aromatic rings. The van der Waals surface area contributed by atoms with E-state index in [-0.39, 0.29) is 17.9 Å². The zero-order valence-electron chi connectivity index (χ0n) is 18.0. The first-order valence-electron chi connectivity index (χ1n) is 10.9. The number of piperidine rings is 1. The van der Waals surface area contributed by atoms with E-state index in [9.17, 15) is 14.4 Å². The molecule has 0 bridgehead atoms. The van der Waals surface area contributed by atoms with Crippen LogP contribution >= 0.6 is 0 Å². The molecule has 0 saturated carbocycles. The topological polar surface area (TPSA) is 91.7 Å². The summed E-state index contributed by atoms with van der Waals surface area (Å²) in [5.41, 5.74) is 1.64. The normalized spacial score (nSPS) is 15.3. The molecule has 1 fully saturated rings. The Bertz CT molecular complexity index is 1070. The minimum Gasteiger partial charge on any atom is -0.451 e. The van der Waals surface area contributed by atoms with Crippen LogP contribution in [0.25, 0.3) is 11.0 Å². The van der Waals surface area contributed by atoms with E-state index < -0.39 is 11.8 Å². The van der Waals surface area contributed by atoms with E-state index in [1.165, 1.54) is 0 Å². The lowest BCUT2D eigenvalue weighted by molar-refractivity contribution is -0.139. The smallest absolute Gasteiger partial charge is 0.309 e. The predicted octanol–water partition coefficient (Wildman–Crippen LogP) is 3.28. The van der Waals surface area contributed by atoms with Crippen molar-refractivity contribution in [3.05, 3.63) is 72.0 Å². The maximum Gasteiger partial charge on any atom is 0.309 e. The quantitative estimate of drug-likeness (QED) is 0.604. The van der Waals surface area contributed by atoms with Crippen LogP contribution in [0, 0.1) is 5.92 Å². The van der Waals surface area contributed by atoms with Crippen molar-refractivity contribution < 1.29 is 18.8 Å². The van der Waals surface area contributed by atoms with Crippen molar-refractivity contribution in [2.24, 2.45) is 5.92 Å². The van der Waals surface area contributed by atoms with Crippen molar-refractivity contribution in [2.75, 3.05) is 19.6 Å². The molecule has 3 amide bonds. The molecular formula is C25H27N3O4. The van der Waals surface area contributed by atoms with Crippen molar-refractivity contribution >= 4 is 28.7 Å². The molecule has 0 spiro atoms. The highest BCUT2D eigenvalue weighted by Crippen LogP contribution is 2.23. The van der Waals surface area contributed by atoms with Gasteiger partial charge in [-0.05, 0) is 43.4 Å². The van der Waals surface area contributed by atoms with Gasteiger partial charge in [-0.25, -0.2) is 0 Å². The highest BCUT2D eigenvalue weighted by molar-refractivity contribution is 6.35. The molecule has 2 N–H and O–H groups in total. The van der Waals surface area contributed by atoms with Gasteiger partial charge in [0, 0.05) is 25.0 Å². The molecule has 1 aliphatic heterocycles. The van der Waals surface area contributed by atoms with Gasteiger partial charge in [-0.1, -0.05) is 48.5 Å². The van der Waals surface area contributed by atoms with E-state index in [0.717, 1.165) is 23.8 Å². The average molecular weight is 434 g/mol. The predicted molar refractivity (Wildman–Crippen MR) is 121 cm³/mol. The van der Waals surface area contributed by atoms with Crippen LogP contribution in [-0.4, -0.2) is 42.3 Å². The number of para-hydroxylation sites is 1. The fraction of sp³-hybridized carbons (Fsp3) is 0.320. The van der Waals surface area contributed by atoms with Crippen molar-refractivity contribution in [3.63, 3.8) is 0 Å². The zero-order chi connectivity index (χ0) is 22.5. The number of rotatable bonds is 5. The summed E-state index contributed by atoms with van der Waals surface area (Å²) in [7, 11) is 0. The minimum absolute atomic E-state index is 0.113. The molecule has 2 heterocycles. The second kappa shape index (κ2) is 9.68. The highest BCUT2D eigenvalue weighted by Gasteiger charge is 2.26. The Morgan fingerprint density at radius 3 is 2.41 bits per heavy atom. The molecular weight excluding hydrogens is 406 g/mol. The number of nitrogens with zero attached hydrogens (tertiary/aromatic N) is 1. The lowest BCUT2D eigenvalue weighted by Gasteiger charge is -2.31. The van der Waals surface area contributed by atoms with Crippen LogP contribution in [0.15, 0.2) is 65.1 Å². The Morgan fingerprint density at radius 1 is 1.00 bits per heavy atom. The van der Waals surface area contributed by atoms with Gasteiger partial charge in [-0.2, -0.15) is 0 Å². The number of hydrogen-bond acceptors (Lipinski definition) is 4. The molecule has 1 atom stereocenters. The average Bonchev–Trinajstić information content (AvgIpc) is 3.27. The molecule has 1 unspecified atom stereocenters. The van der Waals surface area contributed by atoms with Crippen LogP contribution in [0.5, 0.6) is 0 Å². The van der Waals surface area contributed by atoms with Gasteiger partial charge in [0.25, 0.3) is 5.91 Å². The van der Waals surface area contributed by atoms with Crippen LogP contribution in [0.3, 0.4) is 0 Å². The first kappa shape index (κ1) is 21.6.